The number of methoxy groups -OCH3 is 1. The highest BCUT2D eigenvalue weighted by molar-refractivity contribution is 6.18. The van der Waals surface area contributed by atoms with Crippen LogP contribution in [0.15, 0.2) is 0 Å². The van der Waals surface area contributed by atoms with Crippen LogP contribution in [0.5, 0.6) is 0 Å². The lowest BCUT2D eigenvalue weighted by Gasteiger charge is -2.26. The van der Waals surface area contributed by atoms with Crippen molar-refractivity contribution in [2.45, 2.75) is 19.1 Å². The molecular weight excluding hydrogens is 152 g/mol. The van der Waals surface area contributed by atoms with Gasteiger partial charge in [-0.25, -0.2) is 0 Å². The van der Waals surface area contributed by atoms with Crippen molar-refractivity contribution in [1.82, 2.24) is 0 Å². The molecule has 2 atom stereocenters. The van der Waals surface area contributed by atoms with Crippen LogP contribution in [0.2, 0.25) is 0 Å². The Morgan fingerprint density at radius 2 is 2.40 bits per heavy atom. The summed E-state index contributed by atoms with van der Waals surface area (Å²) in [6.45, 7) is 0.752. The van der Waals surface area contributed by atoms with Crippen LogP contribution in [0.4, 0.5) is 0 Å². The van der Waals surface area contributed by atoms with Gasteiger partial charge in [-0.1, -0.05) is 0 Å². The van der Waals surface area contributed by atoms with Gasteiger partial charge in [0.25, 0.3) is 0 Å². The zero-order valence-electron chi connectivity index (χ0n) is 6.18. The van der Waals surface area contributed by atoms with Crippen molar-refractivity contribution >= 4 is 11.6 Å². The highest BCUT2D eigenvalue weighted by Crippen LogP contribution is 2.19. The molecule has 1 saturated heterocycles. The number of hydrogen-bond acceptors (Lipinski definition) is 2. The first-order valence-electron chi connectivity index (χ1n) is 3.57. The molecule has 60 valence electrons. The first kappa shape index (κ1) is 8.31. The summed E-state index contributed by atoms with van der Waals surface area (Å²) in [7, 11) is 1.67. The maximum absolute atomic E-state index is 5.65. The van der Waals surface area contributed by atoms with Crippen LogP contribution < -0.4 is 0 Å². The number of hydrogen-bond donors (Lipinski definition) is 0. The maximum atomic E-state index is 5.65. The van der Waals surface area contributed by atoms with Crippen molar-refractivity contribution in [2.24, 2.45) is 5.92 Å². The molecule has 2 nitrogen and oxygen atoms in total. The number of ether oxygens (including phenoxy) is 2. The normalized spacial score (nSPS) is 34.2. The fourth-order valence-corrected chi connectivity index (χ4v) is 1.33. The maximum Gasteiger partial charge on any atom is 0.157 e. The van der Waals surface area contributed by atoms with E-state index in [4.69, 9.17) is 21.1 Å². The van der Waals surface area contributed by atoms with E-state index in [0.29, 0.717) is 11.8 Å². The summed E-state index contributed by atoms with van der Waals surface area (Å²) in [5.41, 5.74) is 0. The lowest BCUT2D eigenvalue weighted by Crippen LogP contribution is -2.27. The third-order valence-corrected chi connectivity index (χ3v) is 2.25. The van der Waals surface area contributed by atoms with Crippen LogP contribution in [0.1, 0.15) is 12.8 Å². The molecule has 1 rings (SSSR count). The van der Waals surface area contributed by atoms with Crippen molar-refractivity contribution in [3.05, 3.63) is 0 Å². The zero-order chi connectivity index (χ0) is 7.40. The Morgan fingerprint density at radius 1 is 1.60 bits per heavy atom. The van der Waals surface area contributed by atoms with E-state index in [0.717, 1.165) is 19.4 Å². The lowest BCUT2D eigenvalue weighted by atomic mass is 10.0. The molecule has 0 radical (unpaired) electrons. The molecule has 1 heterocycles. The second-order valence-corrected chi connectivity index (χ2v) is 2.90. The van der Waals surface area contributed by atoms with E-state index in [1.54, 1.807) is 7.11 Å². The van der Waals surface area contributed by atoms with Crippen molar-refractivity contribution in [3.8, 4) is 0 Å². The Morgan fingerprint density at radius 3 is 2.80 bits per heavy atom. The fourth-order valence-electron chi connectivity index (χ4n) is 1.09. The van der Waals surface area contributed by atoms with Gasteiger partial charge in [0.05, 0.1) is 6.61 Å². The van der Waals surface area contributed by atoms with E-state index in [-0.39, 0.29) is 6.29 Å². The summed E-state index contributed by atoms with van der Waals surface area (Å²) in [5, 5.41) is 0. The molecule has 0 aromatic rings. The molecule has 1 aliphatic rings. The molecule has 0 N–H and O–H groups in total. The van der Waals surface area contributed by atoms with Crippen LogP contribution in [-0.4, -0.2) is 25.9 Å². The van der Waals surface area contributed by atoms with Gasteiger partial charge in [0.1, 0.15) is 0 Å². The Balaban J connectivity index is 2.17. The quantitative estimate of drug-likeness (QED) is 0.578. The largest absolute Gasteiger partial charge is 0.356 e. The minimum Gasteiger partial charge on any atom is -0.356 e. The van der Waals surface area contributed by atoms with Crippen LogP contribution >= 0.6 is 11.6 Å². The molecular formula is C7H13ClO2. The van der Waals surface area contributed by atoms with Gasteiger partial charge < -0.3 is 9.47 Å². The SMILES string of the molecule is COC1CCC(CCl)CO1. The van der Waals surface area contributed by atoms with E-state index in [9.17, 15) is 0 Å². The van der Waals surface area contributed by atoms with Gasteiger partial charge in [0, 0.05) is 13.0 Å². The zero-order valence-corrected chi connectivity index (χ0v) is 6.93. The number of halogens is 1. The number of rotatable bonds is 2. The molecule has 1 fully saturated rings. The Kier molecular flexibility index (Phi) is 3.46. The van der Waals surface area contributed by atoms with Gasteiger partial charge in [-0.3, -0.25) is 0 Å². The minimum absolute atomic E-state index is 0.0134. The van der Waals surface area contributed by atoms with E-state index >= 15 is 0 Å². The molecule has 0 spiro atoms. The van der Waals surface area contributed by atoms with Crippen LogP contribution in [0, 0.1) is 5.92 Å². The average Bonchev–Trinajstić information content (AvgIpc) is 2.05. The molecule has 0 aromatic carbocycles. The van der Waals surface area contributed by atoms with Gasteiger partial charge in [-0.2, -0.15) is 0 Å². The van der Waals surface area contributed by atoms with Gasteiger partial charge in [-0.15, -0.1) is 11.6 Å². The number of alkyl halides is 1. The van der Waals surface area contributed by atoms with Gasteiger partial charge in [0.2, 0.25) is 0 Å². The van der Waals surface area contributed by atoms with E-state index < -0.39 is 0 Å². The molecule has 0 aliphatic carbocycles. The van der Waals surface area contributed by atoms with Gasteiger partial charge in [-0.05, 0) is 18.8 Å². The first-order valence-corrected chi connectivity index (χ1v) is 4.10. The topological polar surface area (TPSA) is 18.5 Å². The summed E-state index contributed by atoms with van der Waals surface area (Å²) < 4.78 is 10.3. The fraction of sp³-hybridized carbons (Fsp3) is 1.00. The summed E-state index contributed by atoms with van der Waals surface area (Å²) in [4.78, 5) is 0. The Hall–Kier alpha value is 0.210. The highest BCUT2D eigenvalue weighted by Gasteiger charge is 2.19. The van der Waals surface area contributed by atoms with Crippen LogP contribution in [0.3, 0.4) is 0 Å². The molecule has 10 heavy (non-hydrogen) atoms. The monoisotopic (exact) mass is 164 g/mol. The summed E-state index contributed by atoms with van der Waals surface area (Å²) in [5.74, 6) is 1.24. The molecule has 0 bridgehead atoms. The second-order valence-electron chi connectivity index (χ2n) is 2.60. The van der Waals surface area contributed by atoms with Crippen molar-refractivity contribution in [3.63, 3.8) is 0 Å². The standard InChI is InChI=1S/C7H13ClO2/c1-9-7-3-2-6(4-8)5-10-7/h6-7H,2-5H2,1H3. The lowest BCUT2D eigenvalue weighted by molar-refractivity contribution is -0.157. The smallest absolute Gasteiger partial charge is 0.157 e. The van der Waals surface area contributed by atoms with Gasteiger partial charge in [0.15, 0.2) is 6.29 Å². The second kappa shape index (κ2) is 4.16. The predicted octanol–water partition coefficient (Wildman–Crippen LogP) is 1.62. The molecule has 0 aromatic heterocycles. The summed E-state index contributed by atoms with van der Waals surface area (Å²) >= 11 is 5.65. The van der Waals surface area contributed by atoms with Crippen molar-refractivity contribution in [1.29, 1.82) is 0 Å². The van der Waals surface area contributed by atoms with Crippen LogP contribution in [-0.2, 0) is 9.47 Å². The molecule has 3 heteroatoms. The highest BCUT2D eigenvalue weighted by atomic mass is 35.5. The summed E-state index contributed by atoms with van der Waals surface area (Å²) in [6, 6.07) is 0. The van der Waals surface area contributed by atoms with E-state index in [2.05, 4.69) is 0 Å². The van der Waals surface area contributed by atoms with Crippen molar-refractivity contribution < 1.29 is 9.47 Å². The van der Waals surface area contributed by atoms with Gasteiger partial charge >= 0.3 is 0 Å². The minimum atomic E-state index is 0.0134. The van der Waals surface area contributed by atoms with Crippen molar-refractivity contribution in [2.75, 3.05) is 19.6 Å². The molecule has 0 saturated carbocycles. The summed E-state index contributed by atoms with van der Waals surface area (Å²) in [6.07, 6.45) is 2.12. The van der Waals surface area contributed by atoms with Crippen LogP contribution in [0.25, 0.3) is 0 Å². The first-order chi connectivity index (χ1) is 4.86. The third kappa shape index (κ3) is 2.11. The molecule has 1 aliphatic heterocycles. The third-order valence-electron chi connectivity index (χ3n) is 1.81. The Bertz CT molecular complexity index is 77.6. The Labute approximate surface area is 66.5 Å². The van der Waals surface area contributed by atoms with E-state index in [1.807, 2.05) is 0 Å². The predicted molar refractivity (Wildman–Crippen MR) is 40.2 cm³/mol. The average molecular weight is 165 g/mol. The molecule has 2 unspecified atom stereocenters. The van der Waals surface area contributed by atoms with E-state index in [1.165, 1.54) is 0 Å². The molecule has 0 amide bonds.